The molecule has 13 heavy (non-hydrogen) atoms. The van der Waals surface area contributed by atoms with E-state index in [1.54, 1.807) is 6.20 Å². The molecule has 0 atom stereocenters. The minimum absolute atomic E-state index is 0.0269. The summed E-state index contributed by atoms with van der Waals surface area (Å²) in [7, 11) is 0. The molecule has 0 fully saturated rings. The first kappa shape index (κ1) is 9.77. The van der Waals surface area contributed by atoms with Gasteiger partial charge in [-0.15, -0.1) is 0 Å². The zero-order valence-corrected chi connectivity index (χ0v) is 7.71. The van der Waals surface area contributed by atoms with Crippen LogP contribution < -0.4 is 0 Å². The second-order valence-electron chi connectivity index (χ2n) is 3.03. The molecule has 72 valence electrons. The number of imidazole rings is 1. The predicted octanol–water partition coefficient (Wildman–Crippen LogP) is 1.38. The Morgan fingerprint density at radius 3 is 3.08 bits per heavy atom. The minimum Gasteiger partial charge on any atom is -0.481 e. The molecule has 0 saturated carbocycles. The van der Waals surface area contributed by atoms with Crippen molar-refractivity contribution >= 4 is 5.97 Å². The molecule has 1 heterocycles. The van der Waals surface area contributed by atoms with E-state index in [1.807, 2.05) is 0 Å². The third kappa shape index (κ3) is 3.27. The number of aryl methyl sites for hydroxylation is 1. The standard InChI is InChI=1S/C9H14N2O2/c1-2-3-4-8-10-6-7(11-8)5-9(12)13/h6H,2-5H2,1H3,(H,10,11)(H,12,13). The van der Waals surface area contributed by atoms with Gasteiger partial charge in [-0.3, -0.25) is 4.79 Å². The number of nitrogens with zero attached hydrogens (tertiary/aromatic N) is 1. The van der Waals surface area contributed by atoms with E-state index in [2.05, 4.69) is 16.9 Å². The molecule has 2 N–H and O–H groups in total. The number of carboxylic acid groups (broad SMARTS) is 1. The molecule has 1 aromatic rings. The van der Waals surface area contributed by atoms with Crippen molar-refractivity contribution in [3.05, 3.63) is 17.7 Å². The van der Waals surface area contributed by atoms with Crippen LogP contribution in [0.2, 0.25) is 0 Å². The average Bonchev–Trinajstić information content (AvgIpc) is 2.48. The smallest absolute Gasteiger partial charge is 0.309 e. The number of aliphatic carboxylic acids is 1. The Balaban J connectivity index is 2.48. The molecular weight excluding hydrogens is 168 g/mol. The van der Waals surface area contributed by atoms with Crippen LogP contribution in [-0.2, 0) is 17.6 Å². The van der Waals surface area contributed by atoms with Gasteiger partial charge in [0.2, 0.25) is 0 Å². The van der Waals surface area contributed by atoms with Crippen LogP contribution in [0, 0.1) is 0 Å². The predicted molar refractivity (Wildman–Crippen MR) is 48.5 cm³/mol. The number of hydrogen-bond acceptors (Lipinski definition) is 2. The molecule has 0 aromatic carbocycles. The highest BCUT2D eigenvalue weighted by Gasteiger charge is 2.03. The highest BCUT2D eigenvalue weighted by molar-refractivity contribution is 5.69. The van der Waals surface area contributed by atoms with E-state index < -0.39 is 5.97 Å². The summed E-state index contributed by atoms with van der Waals surface area (Å²) < 4.78 is 0. The third-order valence-electron chi connectivity index (χ3n) is 1.79. The van der Waals surface area contributed by atoms with Crippen LogP contribution in [0.1, 0.15) is 31.3 Å². The van der Waals surface area contributed by atoms with E-state index >= 15 is 0 Å². The molecule has 0 saturated heterocycles. The van der Waals surface area contributed by atoms with Crippen molar-refractivity contribution < 1.29 is 9.90 Å². The molecule has 0 aliphatic heterocycles. The summed E-state index contributed by atoms with van der Waals surface area (Å²) in [6.07, 6.45) is 4.73. The van der Waals surface area contributed by atoms with Gasteiger partial charge in [-0.25, -0.2) is 4.98 Å². The molecule has 0 bridgehead atoms. The van der Waals surface area contributed by atoms with Gasteiger partial charge in [0.25, 0.3) is 0 Å². The van der Waals surface area contributed by atoms with Gasteiger partial charge in [0, 0.05) is 18.3 Å². The molecule has 1 aromatic heterocycles. The molecule has 0 unspecified atom stereocenters. The average molecular weight is 182 g/mol. The van der Waals surface area contributed by atoms with Gasteiger partial charge in [-0.05, 0) is 6.42 Å². The number of unbranched alkanes of at least 4 members (excludes halogenated alkanes) is 1. The van der Waals surface area contributed by atoms with Gasteiger partial charge in [0.1, 0.15) is 5.82 Å². The number of aromatic amines is 1. The molecular formula is C9H14N2O2. The topological polar surface area (TPSA) is 66.0 Å². The first-order chi connectivity index (χ1) is 6.22. The van der Waals surface area contributed by atoms with Gasteiger partial charge in [0.15, 0.2) is 0 Å². The van der Waals surface area contributed by atoms with Crippen LogP contribution >= 0.6 is 0 Å². The van der Waals surface area contributed by atoms with Crippen molar-refractivity contribution in [1.29, 1.82) is 0 Å². The fraction of sp³-hybridized carbons (Fsp3) is 0.556. The number of hydrogen-bond donors (Lipinski definition) is 2. The Hall–Kier alpha value is -1.32. The van der Waals surface area contributed by atoms with E-state index in [0.717, 1.165) is 25.1 Å². The molecule has 0 spiro atoms. The fourth-order valence-corrected chi connectivity index (χ4v) is 1.13. The maximum Gasteiger partial charge on any atom is 0.309 e. The Kier molecular flexibility index (Phi) is 3.49. The van der Waals surface area contributed by atoms with Gasteiger partial charge < -0.3 is 10.1 Å². The molecule has 0 aliphatic rings. The summed E-state index contributed by atoms with van der Waals surface area (Å²) in [6, 6.07) is 0. The molecule has 0 aliphatic carbocycles. The number of rotatable bonds is 5. The third-order valence-corrected chi connectivity index (χ3v) is 1.79. The van der Waals surface area contributed by atoms with E-state index in [-0.39, 0.29) is 6.42 Å². The lowest BCUT2D eigenvalue weighted by Gasteiger charge is -1.92. The van der Waals surface area contributed by atoms with Crippen molar-refractivity contribution in [2.45, 2.75) is 32.6 Å². The minimum atomic E-state index is -0.828. The second-order valence-corrected chi connectivity index (χ2v) is 3.03. The van der Waals surface area contributed by atoms with Gasteiger partial charge in [0.05, 0.1) is 6.42 Å². The Morgan fingerprint density at radius 2 is 2.46 bits per heavy atom. The van der Waals surface area contributed by atoms with Crippen molar-refractivity contribution in [3.8, 4) is 0 Å². The van der Waals surface area contributed by atoms with Crippen LogP contribution in [0.4, 0.5) is 0 Å². The Labute approximate surface area is 77.0 Å². The monoisotopic (exact) mass is 182 g/mol. The first-order valence-corrected chi connectivity index (χ1v) is 4.47. The summed E-state index contributed by atoms with van der Waals surface area (Å²) in [5.41, 5.74) is 0.679. The summed E-state index contributed by atoms with van der Waals surface area (Å²) in [6.45, 7) is 2.11. The molecule has 0 amide bonds. The SMILES string of the molecule is CCCCc1ncc(CC(=O)O)[nH]1. The van der Waals surface area contributed by atoms with Crippen LogP contribution in [0.25, 0.3) is 0 Å². The van der Waals surface area contributed by atoms with Crippen molar-refractivity contribution in [3.63, 3.8) is 0 Å². The van der Waals surface area contributed by atoms with Crippen molar-refractivity contribution in [2.75, 3.05) is 0 Å². The summed E-state index contributed by atoms with van der Waals surface area (Å²) in [5, 5.41) is 8.50. The Bertz CT molecular complexity index is 281. The zero-order chi connectivity index (χ0) is 9.68. The summed E-state index contributed by atoms with van der Waals surface area (Å²) >= 11 is 0. The number of H-pyrrole nitrogens is 1. The number of aromatic nitrogens is 2. The normalized spacial score (nSPS) is 10.2. The molecule has 0 radical (unpaired) electrons. The van der Waals surface area contributed by atoms with Crippen LogP contribution in [0.15, 0.2) is 6.20 Å². The lowest BCUT2D eigenvalue weighted by molar-refractivity contribution is -0.136. The van der Waals surface area contributed by atoms with Crippen LogP contribution in [0.3, 0.4) is 0 Å². The van der Waals surface area contributed by atoms with Crippen molar-refractivity contribution in [1.82, 2.24) is 9.97 Å². The number of nitrogens with one attached hydrogen (secondary N) is 1. The lowest BCUT2D eigenvalue weighted by Crippen LogP contribution is -2.00. The summed E-state index contributed by atoms with van der Waals surface area (Å²) in [4.78, 5) is 17.4. The van der Waals surface area contributed by atoms with Gasteiger partial charge >= 0.3 is 5.97 Å². The molecule has 1 rings (SSSR count). The van der Waals surface area contributed by atoms with Gasteiger partial charge in [-0.2, -0.15) is 0 Å². The molecule has 4 heteroatoms. The highest BCUT2D eigenvalue weighted by Crippen LogP contribution is 2.02. The van der Waals surface area contributed by atoms with Crippen LogP contribution in [0.5, 0.6) is 0 Å². The maximum atomic E-state index is 10.3. The quantitative estimate of drug-likeness (QED) is 0.723. The van der Waals surface area contributed by atoms with E-state index in [4.69, 9.17) is 5.11 Å². The fourth-order valence-electron chi connectivity index (χ4n) is 1.13. The number of carboxylic acids is 1. The summed E-state index contributed by atoms with van der Waals surface area (Å²) in [5.74, 6) is 0.0591. The zero-order valence-electron chi connectivity index (χ0n) is 7.71. The second kappa shape index (κ2) is 4.64. The highest BCUT2D eigenvalue weighted by atomic mass is 16.4. The van der Waals surface area contributed by atoms with Gasteiger partial charge in [-0.1, -0.05) is 13.3 Å². The molecule has 4 nitrogen and oxygen atoms in total. The maximum absolute atomic E-state index is 10.3. The lowest BCUT2D eigenvalue weighted by atomic mass is 10.2. The van der Waals surface area contributed by atoms with E-state index in [1.165, 1.54) is 0 Å². The Morgan fingerprint density at radius 1 is 1.69 bits per heavy atom. The van der Waals surface area contributed by atoms with Crippen molar-refractivity contribution in [2.24, 2.45) is 0 Å². The van der Waals surface area contributed by atoms with E-state index in [9.17, 15) is 4.79 Å². The largest absolute Gasteiger partial charge is 0.481 e. The van der Waals surface area contributed by atoms with E-state index in [0.29, 0.717) is 5.69 Å². The first-order valence-electron chi connectivity index (χ1n) is 4.47. The number of carbonyl (C=O) groups is 1. The van der Waals surface area contributed by atoms with Crippen LogP contribution in [-0.4, -0.2) is 21.0 Å².